The summed E-state index contributed by atoms with van der Waals surface area (Å²) in [5, 5.41) is 9.27. The van der Waals surface area contributed by atoms with E-state index in [-0.39, 0.29) is 25.0 Å². The van der Waals surface area contributed by atoms with Gasteiger partial charge in [0.1, 0.15) is 11.4 Å². The van der Waals surface area contributed by atoms with E-state index in [1.807, 2.05) is 0 Å². The molecule has 1 rings (SSSR count). The van der Waals surface area contributed by atoms with Crippen LogP contribution >= 0.6 is 0 Å². The second kappa shape index (κ2) is 4.71. The van der Waals surface area contributed by atoms with Gasteiger partial charge in [-0.15, -0.1) is 0 Å². The summed E-state index contributed by atoms with van der Waals surface area (Å²) in [6.45, 7) is 6.64. The smallest absolute Gasteiger partial charge is 0.310 e. The van der Waals surface area contributed by atoms with E-state index in [2.05, 4.69) is 0 Å². The summed E-state index contributed by atoms with van der Waals surface area (Å²) < 4.78 is 5.24. The Morgan fingerprint density at radius 2 is 1.94 bits per heavy atom. The van der Waals surface area contributed by atoms with E-state index in [1.54, 1.807) is 20.8 Å². The zero-order valence-corrected chi connectivity index (χ0v) is 11.3. The van der Waals surface area contributed by atoms with Crippen molar-refractivity contribution in [1.82, 2.24) is 0 Å². The number of carbonyl (C=O) groups excluding carboxylic acids is 2. The lowest BCUT2D eigenvalue weighted by molar-refractivity contribution is -0.175. The Balaban J connectivity index is 2.95. The Kier molecular flexibility index (Phi) is 3.84. The molecule has 102 valence electrons. The standard InChI is InChI=1S/C13H20O5/c1-12(2,3)18-10(15)9-6-5-8(14)7-13(9,4)11(16)17/h9H,5-7H2,1-4H3,(H,16,17)/t9-,13+/m1/s1. The molecule has 0 aromatic carbocycles. The second-order valence-electron chi connectivity index (χ2n) is 6.06. The van der Waals surface area contributed by atoms with Crippen LogP contribution in [0.4, 0.5) is 0 Å². The Hall–Kier alpha value is -1.39. The lowest BCUT2D eigenvalue weighted by Crippen LogP contribution is -2.47. The van der Waals surface area contributed by atoms with Crippen LogP contribution in [0.25, 0.3) is 0 Å². The summed E-state index contributed by atoms with van der Waals surface area (Å²) in [6.07, 6.45) is 0.384. The first-order valence-corrected chi connectivity index (χ1v) is 6.04. The highest BCUT2D eigenvalue weighted by Gasteiger charge is 2.50. The summed E-state index contributed by atoms with van der Waals surface area (Å²) in [4.78, 5) is 34.8. The van der Waals surface area contributed by atoms with Crippen LogP contribution in [0.2, 0.25) is 0 Å². The van der Waals surface area contributed by atoms with Gasteiger partial charge in [-0.1, -0.05) is 0 Å². The molecule has 0 unspecified atom stereocenters. The SMILES string of the molecule is CC(C)(C)OC(=O)[C@H]1CCC(=O)C[C@]1(C)C(=O)O. The van der Waals surface area contributed by atoms with Crippen LogP contribution in [0.15, 0.2) is 0 Å². The summed E-state index contributed by atoms with van der Waals surface area (Å²) in [5.41, 5.74) is -2.00. The highest BCUT2D eigenvalue weighted by Crippen LogP contribution is 2.41. The number of rotatable bonds is 2. The Labute approximate surface area is 107 Å². The van der Waals surface area contributed by atoms with Crippen molar-refractivity contribution in [3.05, 3.63) is 0 Å². The molecule has 0 aromatic heterocycles. The number of carbonyl (C=O) groups is 3. The average molecular weight is 256 g/mol. The van der Waals surface area contributed by atoms with Gasteiger partial charge in [-0.3, -0.25) is 14.4 Å². The molecule has 1 aliphatic rings. The lowest BCUT2D eigenvalue weighted by Gasteiger charge is -2.36. The van der Waals surface area contributed by atoms with Gasteiger partial charge in [-0.2, -0.15) is 0 Å². The van der Waals surface area contributed by atoms with Crippen molar-refractivity contribution < 1.29 is 24.2 Å². The van der Waals surface area contributed by atoms with E-state index in [4.69, 9.17) is 4.74 Å². The predicted octanol–water partition coefficient (Wildman–Crippen LogP) is 1.79. The van der Waals surface area contributed by atoms with Gasteiger partial charge in [0.05, 0.1) is 11.3 Å². The molecule has 0 radical (unpaired) electrons. The molecule has 0 amide bonds. The number of hydrogen-bond acceptors (Lipinski definition) is 4. The number of ketones is 1. The van der Waals surface area contributed by atoms with Crippen molar-refractivity contribution in [2.75, 3.05) is 0 Å². The third-order valence-electron chi connectivity index (χ3n) is 3.23. The van der Waals surface area contributed by atoms with Crippen molar-refractivity contribution in [3.63, 3.8) is 0 Å². The van der Waals surface area contributed by atoms with Crippen LogP contribution in [0, 0.1) is 11.3 Å². The number of hydrogen-bond donors (Lipinski definition) is 1. The zero-order chi connectivity index (χ0) is 14.1. The predicted molar refractivity (Wildman–Crippen MR) is 63.9 cm³/mol. The number of esters is 1. The molecule has 5 heteroatoms. The van der Waals surface area contributed by atoms with Gasteiger partial charge in [0.2, 0.25) is 0 Å². The fourth-order valence-corrected chi connectivity index (χ4v) is 2.22. The summed E-state index contributed by atoms with van der Waals surface area (Å²) in [5.74, 6) is -2.52. The third-order valence-corrected chi connectivity index (χ3v) is 3.23. The number of carboxylic acids is 1. The van der Waals surface area contributed by atoms with Crippen LogP contribution in [0.3, 0.4) is 0 Å². The first-order chi connectivity index (χ1) is 8.06. The first-order valence-electron chi connectivity index (χ1n) is 6.04. The van der Waals surface area contributed by atoms with E-state index in [0.29, 0.717) is 0 Å². The Bertz CT molecular complexity index is 379. The highest BCUT2D eigenvalue weighted by atomic mass is 16.6. The number of Topliss-reactive ketones (excluding diaryl/α,β-unsaturated/α-hetero) is 1. The van der Waals surface area contributed by atoms with Gasteiger partial charge >= 0.3 is 11.9 Å². The van der Waals surface area contributed by atoms with Crippen LogP contribution in [-0.4, -0.2) is 28.4 Å². The number of ether oxygens (including phenoxy) is 1. The lowest BCUT2D eigenvalue weighted by atomic mass is 9.67. The molecule has 18 heavy (non-hydrogen) atoms. The normalized spacial score (nSPS) is 28.9. The van der Waals surface area contributed by atoms with Gasteiger partial charge in [0.15, 0.2) is 0 Å². The minimum absolute atomic E-state index is 0.105. The van der Waals surface area contributed by atoms with E-state index >= 15 is 0 Å². The third kappa shape index (κ3) is 3.09. The quantitative estimate of drug-likeness (QED) is 0.762. The fourth-order valence-electron chi connectivity index (χ4n) is 2.22. The molecule has 1 N–H and O–H groups in total. The highest BCUT2D eigenvalue weighted by molar-refractivity contribution is 5.92. The molecular weight excluding hydrogens is 236 g/mol. The molecule has 1 fully saturated rings. The van der Waals surface area contributed by atoms with Crippen LogP contribution in [-0.2, 0) is 19.1 Å². The zero-order valence-electron chi connectivity index (χ0n) is 11.3. The molecule has 0 saturated heterocycles. The largest absolute Gasteiger partial charge is 0.481 e. The first kappa shape index (κ1) is 14.7. The van der Waals surface area contributed by atoms with E-state index in [0.717, 1.165) is 0 Å². The van der Waals surface area contributed by atoms with E-state index < -0.39 is 28.9 Å². The van der Waals surface area contributed by atoms with Gasteiger partial charge in [0, 0.05) is 12.8 Å². The number of aliphatic carboxylic acids is 1. The average Bonchev–Trinajstić information content (AvgIpc) is 2.13. The molecule has 0 aromatic rings. The summed E-state index contributed by atoms with van der Waals surface area (Å²) in [7, 11) is 0. The van der Waals surface area contributed by atoms with Gasteiger partial charge < -0.3 is 9.84 Å². The van der Waals surface area contributed by atoms with Crippen LogP contribution < -0.4 is 0 Å². The maximum absolute atomic E-state index is 12.0. The Morgan fingerprint density at radius 1 is 1.39 bits per heavy atom. The Morgan fingerprint density at radius 3 is 2.39 bits per heavy atom. The topological polar surface area (TPSA) is 80.7 Å². The van der Waals surface area contributed by atoms with Gasteiger partial charge in [0.25, 0.3) is 0 Å². The molecule has 1 aliphatic carbocycles. The molecular formula is C13H20O5. The minimum Gasteiger partial charge on any atom is -0.481 e. The van der Waals surface area contributed by atoms with E-state index in [9.17, 15) is 19.5 Å². The van der Waals surface area contributed by atoms with Crippen molar-refractivity contribution in [3.8, 4) is 0 Å². The minimum atomic E-state index is -1.35. The summed E-state index contributed by atoms with van der Waals surface area (Å²) >= 11 is 0. The van der Waals surface area contributed by atoms with Crippen molar-refractivity contribution in [1.29, 1.82) is 0 Å². The van der Waals surface area contributed by atoms with E-state index in [1.165, 1.54) is 6.92 Å². The molecule has 1 saturated carbocycles. The maximum atomic E-state index is 12.0. The molecule has 0 heterocycles. The fraction of sp³-hybridized carbons (Fsp3) is 0.769. The molecule has 0 aliphatic heterocycles. The van der Waals surface area contributed by atoms with Gasteiger partial charge in [-0.25, -0.2) is 0 Å². The summed E-state index contributed by atoms with van der Waals surface area (Å²) in [6, 6.07) is 0. The molecule has 2 atom stereocenters. The molecule has 0 spiro atoms. The molecule has 0 bridgehead atoms. The van der Waals surface area contributed by atoms with Crippen molar-refractivity contribution >= 4 is 17.7 Å². The molecule has 5 nitrogen and oxygen atoms in total. The number of carboxylic acid groups (broad SMARTS) is 1. The monoisotopic (exact) mass is 256 g/mol. The van der Waals surface area contributed by atoms with Crippen LogP contribution in [0.5, 0.6) is 0 Å². The van der Waals surface area contributed by atoms with Crippen molar-refractivity contribution in [2.45, 2.75) is 52.6 Å². The van der Waals surface area contributed by atoms with Crippen LogP contribution in [0.1, 0.15) is 47.0 Å². The van der Waals surface area contributed by atoms with Crippen molar-refractivity contribution in [2.24, 2.45) is 11.3 Å². The second-order valence-corrected chi connectivity index (χ2v) is 6.06. The maximum Gasteiger partial charge on any atom is 0.310 e. The van der Waals surface area contributed by atoms with Gasteiger partial charge in [-0.05, 0) is 34.1 Å².